The maximum absolute atomic E-state index is 11.1. The highest BCUT2D eigenvalue weighted by Crippen LogP contribution is 2.17. The molecule has 0 amide bonds. The first-order valence-electron chi connectivity index (χ1n) is 6.79. The maximum atomic E-state index is 11.1. The van der Waals surface area contributed by atoms with Gasteiger partial charge in [0.15, 0.2) is 0 Å². The zero-order valence-corrected chi connectivity index (χ0v) is 12.2. The number of nitrogens with zero attached hydrogens (tertiary/aromatic N) is 2. The lowest BCUT2D eigenvalue weighted by molar-refractivity contribution is -0.140. The largest absolute Gasteiger partial charge is 0.469 e. The third-order valence-corrected chi connectivity index (χ3v) is 2.92. The van der Waals surface area contributed by atoms with Crippen molar-refractivity contribution in [3.8, 4) is 11.4 Å². The van der Waals surface area contributed by atoms with E-state index in [1.165, 1.54) is 7.11 Å². The van der Waals surface area contributed by atoms with E-state index in [1.54, 1.807) is 0 Å². The second-order valence-electron chi connectivity index (χ2n) is 4.42. The fourth-order valence-corrected chi connectivity index (χ4v) is 1.75. The van der Waals surface area contributed by atoms with Gasteiger partial charge in [0.1, 0.15) is 0 Å². The zero-order valence-electron chi connectivity index (χ0n) is 12.2. The molecule has 0 aliphatic carbocycles. The van der Waals surface area contributed by atoms with E-state index in [0.29, 0.717) is 31.3 Å². The first kappa shape index (κ1) is 15.2. The van der Waals surface area contributed by atoms with Gasteiger partial charge in [-0.1, -0.05) is 29.4 Å². The van der Waals surface area contributed by atoms with Crippen LogP contribution in [0.4, 0.5) is 0 Å². The molecule has 112 valence electrons. The standard InChI is InChI=1S/C15H18N2O4/c1-3-20-10-11-4-6-12(7-5-11)15-16-13(21-17-15)8-9-14(18)19-2/h4-7H,3,8-10H2,1-2H3. The van der Waals surface area contributed by atoms with E-state index >= 15 is 0 Å². The number of rotatable bonds is 7. The van der Waals surface area contributed by atoms with Crippen molar-refractivity contribution in [2.45, 2.75) is 26.4 Å². The molecule has 1 aromatic carbocycles. The summed E-state index contributed by atoms with van der Waals surface area (Å²) in [6, 6.07) is 7.78. The van der Waals surface area contributed by atoms with Crippen molar-refractivity contribution in [2.24, 2.45) is 0 Å². The zero-order chi connectivity index (χ0) is 15.1. The van der Waals surface area contributed by atoms with Crippen LogP contribution >= 0.6 is 0 Å². The molecule has 0 atom stereocenters. The quantitative estimate of drug-likeness (QED) is 0.729. The van der Waals surface area contributed by atoms with E-state index in [-0.39, 0.29) is 12.4 Å². The predicted molar refractivity (Wildman–Crippen MR) is 75.4 cm³/mol. The molecule has 2 aromatic rings. The third kappa shape index (κ3) is 4.39. The van der Waals surface area contributed by atoms with E-state index < -0.39 is 0 Å². The topological polar surface area (TPSA) is 74.5 Å². The van der Waals surface area contributed by atoms with Crippen molar-refractivity contribution >= 4 is 5.97 Å². The molecule has 1 aromatic heterocycles. The van der Waals surface area contributed by atoms with Crippen molar-refractivity contribution < 1.29 is 18.8 Å². The van der Waals surface area contributed by atoms with E-state index in [9.17, 15) is 4.79 Å². The molecule has 21 heavy (non-hydrogen) atoms. The highest BCUT2D eigenvalue weighted by Gasteiger charge is 2.10. The first-order chi connectivity index (χ1) is 10.2. The van der Waals surface area contributed by atoms with E-state index in [2.05, 4.69) is 14.9 Å². The number of benzene rings is 1. The Bertz CT molecular complexity index is 578. The molecule has 1 heterocycles. The number of aryl methyl sites for hydroxylation is 1. The SMILES string of the molecule is CCOCc1ccc(-c2noc(CCC(=O)OC)n2)cc1. The summed E-state index contributed by atoms with van der Waals surface area (Å²) < 4.78 is 15.0. The monoisotopic (exact) mass is 290 g/mol. The Hall–Kier alpha value is -2.21. The summed E-state index contributed by atoms with van der Waals surface area (Å²) in [4.78, 5) is 15.3. The van der Waals surface area contributed by atoms with E-state index in [4.69, 9.17) is 9.26 Å². The van der Waals surface area contributed by atoms with Crippen LogP contribution in [0.2, 0.25) is 0 Å². The van der Waals surface area contributed by atoms with Crippen LogP contribution in [0, 0.1) is 0 Å². The van der Waals surface area contributed by atoms with Crippen molar-refractivity contribution in [1.82, 2.24) is 10.1 Å². The summed E-state index contributed by atoms with van der Waals surface area (Å²) in [5.74, 6) is 0.640. The fourth-order valence-electron chi connectivity index (χ4n) is 1.75. The molecular weight excluding hydrogens is 272 g/mol. The summed E-state index contributed by atoms with van der Waals surface area (Å²) >= 11 is 0. The molecule has 0 bridgehead atoms. The van der Waals surface area contributed by atoms with Gasteiger partial charge in [-0.2, -0.15) is 4.98 Å². The van der Waals surface area contributed by atoms with Gasteiger partial charge in [-0.3, -0.25) is 4.79 Å². The number of carbonyl (C=O) groups excluding carboxylic acids is 1. The number of hydrogen-bond acceptors (Lipinski definition) is 6. The fraction of sp³-hybridized carbons (Fsp3) is 0.400. The van der Waals surface area contributed by atoms with Gasteiger partial charge in [0.25, 0.3) is 0 Å². The Morgan fingerprint density at radius 1 is 1.29 bits per heavy atom. The van der Waals surface area contributed by atoms with E-state index in [0.717, 1.165) is 11.1 Å². The molecule has 0 saturated carbocycles. The Morgan fingerprint density at radius 2 is 2.05 bits per heavy atom. The van der Waals surface area contributed by atoms with Crippen LogP contribution in [0.25, 0.3) is 11.4 Å². The minimum Gasteiger partial charge on any atom is -0.469 e. The number of ether oxygens (including phenoxy) is 2. The smallest absolute Gasteiger partial charge is 0.306 e. The third-order valence-electron chi connectivity index (χ3n) is 2.92. The van der Waals surface area contributed by atoms with Crippen LogP contribution < -0.4 is 0 Å². The van der Waals surface area contributed by atoms with Gasteiger partial charge < -0.3 is 14.0 Å². The molecule has 6 heteroatoms. The number of methoxy groups -OCH3 is 1. The second-order valence-corrected chi connectivity index (χ2v) is 4.42. The lowest BCUT2D eigenvalue weighted by Gasteiger charge is -2.01. The Kier molecular flexibility index (Phi) is 5.45. The lowest BCUT2D eigenvalue weighted by atomic mass is 10.1. The van der Waals surface area contributed by atoms with Gasteiger partial charge >= 0.3 is 5.97 Å². The predicted octanol–water partition coefficient (Wildman–Crippen LogP) is 2.38. The molecule has 0 fully saturated rings. The van der Waals surface area contributed by atoms with Crippen LogP contribution in [-0.4, -0.2) is 29.8 Å². The van der Waals surface area contributed by atoms with Crippen LogP contribution in [0.1, 0.15) is 24.8 Å². The number of aromatic nitrogens is 2. The van der Waals surface area contributed by atoms with Gasteiger partial charge in [-0.25, -0.2) is 0 Å². The van der Waals surface area contributed by atoms with Crippen LogP contribution in [0.15, 0.2) is 28.8 Å². The number of esters is 1. The van der Waals surface area contributed by atoms with Gasteiger partial charge in [-0.15, -0.1) is 0 Å². The number of hydrogen-bond donors (Lipinski definition) is 0. The van der Waals surface area contributed by atoms with Crippen molar-refractivity contribution in [2.75, 3.05) is 13.7 Å². The Balaban J connectivity index is 1.98. The van der Waals surface area contributed by atoms with Crippen molar-refractivity contribution in [3.63, 3.8) is 0 Å². The van der Waals surface area contributed by atoms with Gasteiger partial charge in [-0.05, 0) is 12.5 Å². The van der Waals surface area contributed by atoms with Crippen molar-refractivity contribution in [3.05, 3.63) is 35.7 Å². The second kappa shape index (κ2) is 7.54. The van der Waals surface area contributed by atoms with Gasteiger partial charge in [0.2, 0.25) is 11.7 Å². The molecule has 6 nitrogen and oxygen atoms in total. The molecule has 0 aliphatic rings. The molecular formula is C15H18N2O4. The highest BCUT2D eigenvalue weighted by molar-refractivity contribution is 5.69. The molecule has 2 rings (SSSR count). The van der Waals surface area contributed by atoms with Crippen LogP contribution in [-0.2, 0) is 27.3 Å². The maximum Gasteiger partial charge on any atom is 0.306 e. The Morgan fingerprint density at radius 3 is 2.71 bits per heavy atom. The summed E-state index contributed by atoms with van der Waals surface area (Å²) in [6.07, 6.45) is 0.605. The summed E-state index contributed by atoms with van der Waals surface area (Å²) in [5.41, 5.74) is 1.96. The number of carbonyl (C=O) groups is 1. The molecule has 0 spiro atoms. The van der Waals surface area contributed by atoms with Gasteiger partial charge in [0, 0.05) is 18.6 Å². The average molecular weight is 290 g/mol. The average Bonchev–Trinajstić information content (AvgIpc) is 3.00. The lowest BCUT2D eigenvalue weighted by Crippen LogP contribution is -2.01. The van der Waals surface area contributed by atoms with Gasteiger partial charge in [0.05, 0.1) is 20.1 Å². The highest BCUT2D eigenvalue weighted by atomic mass is 16.5. The Labute approximate surface area is 123 Å². The summed E-state index contributed by atoms with van der Waals surface area (Å²) in [5, 5.41) is 3.91. The molecule has 0 radical (unpaired) electrons. The molecule has 0 unspecified atom stereocenters. The van der Waals surface area contributed by atoms with Crippen LogP contribution in [0.5, 0.6) is 0 Å². The molecule has 0 saturated heterocycles. The molecule has 0 aliphatic heterocycles. The van der Waals surface area contributed by atoms with Crippen molar-refractivity contribution in [1.29, 1.82) is 0 Å². The minimum absolute atomic E-state index is 0.228. The minimum atomic E-state index is -0.296. The first-order valence-corrected chi connectivity index (χ1v) is 6.79. The summed E-state index contributed by atoms with van der Waals surface area (Å²) in [6.45, 7) is 3.24. The summed E-state index contributed by atoms with van der Waals surface area (Å²) in [7, 11) is 1.35. The normalized spacial score (nSPS) is 10.6. The molecule has 0 N–H and O–H groups in total. The van der Waals surface area contributed by atoms with Crippen LogP contribution in [0.3, 0.4) is 0 Å². The van der Waals surface area contributed by atoms with E-state index in [1.807, 2.05) is 31.2 Å².